The average molecular weight is 306 g/mol. The first kappa shape index (κ1) is 9.01. The van der Waals surface area contributed by atoms with E-state index in [-0.39, 0.29) is 0 Å². The van der Waals surface area contributed by atoms with E-state index in [0.29, 0.717) is 0 Å². The minimum Gasteiger partial charge on any atom is -0.243 e. The first-order valence-corrected chi connectivity index (χ1v) is 5.38. The Morgan fingerprint density at radius 1 is 1.23 bits per heavy atom. The van der Waals surface area contributed by atoms with Crippen LogP contribution in [0, 0.1) is 8.83 Å². The number of hydrogen-bond acceptors (Lipinski definition) is 3. The quantitative estimate of drug-likeness (QED) is 0.598. The van der Waals surface area contributed by atoms with Crippen LogP contribution in [0.5, 0.6) is 0 Å². The highest BCUT2D eigenvalue weighted by Crippen LogP contribution is 2.25. The zero-order valence-corrected chi connectivity index (χ0v) is 9.34. The number of nitrogens with zero attached hydrogens (tertiary/aromatic N) is 2. The standard InChI is InChI=1S/C8H4FIN2S/c9-6-2-1-5(3-11-6)8-12-4-7(10)13-8/h1-4H. The van der Waals surface area contributed by atoms with Crippen molar-refractivity contribution in [1.29, 1.82) is 0 Å². The van der Waals surface area contributed by atoms with Gasteiger partial charge in [0.2, 0.25) is 5.95 Å². The van der Waals surface area contributed by atoms with E-state index in [2.05, 4.69) is 32.6 Å². The van der Waals surface area contributed by atoms with Crippen LogP contribution in [-0.4, -0.2) is 9.97 Å². The van der Waals surface area contributed by atoms with Crippen molar-refractivity contribution >= 4 is 33.9 Å². The minimum absolute atomic E-state index is 0.463. The van der Waals surface area contributed by atoms with Gasteiger partial charge in [-0.3, -0.25) is 0 Å². The van der Waals surface area contributed by atoms with Crippen LogP contribution >= 0.6 is 33.9 Å². The lowest BCUT2D eigenvalue weighted by Crippen LogP contribution is -1.81. The van der Waals surface area contributed by atoms with Crippen LogP contribution < -0.4 is 0 Å². The van der Waals surface area contributed by atoms with Gasteiger partial charge in [-0.25, -0.2) is 9.97 Å². The predicted molar refractivity (Wildman–Crippen MR) is 58.0 cm³/mol. The predicted octanol–water partition coefficient (Wildman–Crippen LogP) is 2.95. The molecule has 2 heterocycles. The number of pyridine rings is 1. The first-order valence-electron chi connectivity index (χ1n) is 3.49. The van der Waals surface area contributed by atoms with E-state index in [4.69, 9.17) is 0 Å². The lowest BCUT2D eigenvalue weighted by atomic mass is 10.3. The zero-order valence-electron chi connectivity index (χ0n) is 6.37. The van der Waals surface area contributed by atoms with Crippen molar-refractivity contribution in [3.05, 3.63) is 33.4 Å². The molecule has 0 aromatic carbocycles. The van der Waals surface area contributed by atoms with Gasteiger partial charge in [-0.05, 0) is 34.7 Å². The Balaban J connectivity index is 2.41. The maximum absolute atomic E-state index is 12.5. The summed E-state index contributed by atoms with van der Waals surface area (Å²) in [6, 6.07) is 3.01. The number of halogens is 2. The maximum atomic E-state index is 12.5. The van der Waals surface area contributed by atoms with E-state index in [1.807, 2.05) is 0 Å². The van der Waals surface area contributed by atoms with Crippen LogP contribution in [-0.2, 0) is 0 Å². The molecule has 0 spiro atoms. The van der Waals surface area contributed by atoms with Gasteiger partial charge in [0, 0.05) is 11.8 Å². The Bertz CT molecular complexity index is 412. The molecule has 2 rings (SSSR count). The molecular weight excluding hydrogens is 302 g/mol. The molecule has 0 radical (unpaired) electrons. The van der Waals surface area contributed by atoms with Crippen molar-refractivity contribution in [2.45, 2.75) is 0 Å². The van der Waals surface area contributed by atoms with E-state index in [1.54, 1.807) is 23.6 Å². The monoisotopic (exact) mass is 306 g/mol. The number of hydrogen-bond donors (Lipinski definition) is 0. The second-order valence-electron chi connectivity index (χ2n) is 2.34. The SMILES string of the molecule is Fc1ccc(-c2ncc(I)s2)cn1. The second-order valence-corrected chi connectivity index (χ2v) is 5.26. The summed E-state index contributed by atoms with van der Waals surface area (Å²) >= 11 is 3.76. The highest BCUT2D eigenvalue weighted by molar-refractivity contribution is 14.1. The fraction of sp³-hybridized carbons (Fsp3) is 0. The zero-order chi connectivity index (χ0) is 9.26. The third kappa shape index (κ3) is 2.02. The third-order valence-corrected chi connectivity index (χ3v) is 3.23. The maximum Gasteiger partial charge on any atom is 0.212 e. The fourth-order valence-corrected chi connectivity index (χ4v) is 2.29. The summed E-state index contributed by atoms with van der Waals surface area (Å²) in [5.74, 6) is -0.463. The Hall–Kier alpha value is -0.560. The molecule has 0 bridgehead atoms. The Morgan fingerprint density at radius 2 is 2.08 bits per heavy atom. The summed E-state index contributed by atoms with van der Waals surface area (Å²) in [5, 5.41) is 0.872. The molecule has 0 aliphatic carbocycles. The minimum atomic E-state index is -0.463. The van der Waals surface area contributed by atoms with Crippen LogP contribution in [0.4, 0.5) is 4.39 Å². The molecule has 0 aliphatic rings. The van der Waals surface area contributed by atoms with Crippen LogP contribution in [0.3, 0.4) is 0 Å². The van der Waals surface area contributed by atoms with Crippen LogP contribution in [0.1, 0.15) is 0 Å². The molecule has 0 N–H and O–H groups in total. The van der Waals surface area contributed by atoms with Crippen LogP contribution in [0.25, 0.3) is 10.6 Å². The summed E-state index contributed by atoms with van der Waals surface area (Å²) < 4.78 is 13.6. The molecule has 0 unspecified atom stereocenters. The molecular formula is C8H4FIN2S. The molecule has 2 aromatic rings. The normalized spacial score (nSPS) is 10.3. The summed E-state index contributed by atoms with van der Waals surface area (Å²) in [6.07, 6.45) is 3.27. The van der Waals surface area contributed by atoms with Gasteiger partial charge in [-0.2, -0.15) is 4.39 Å². The van der Waals surface area contributed by atoms with E-state index in [1.165, 1.54) is 12.3 Å². The van der Waals surface area contributed by atoms with Crippen LogP contribution in [0.15, 0.2) is 24.5 Å². The largest absolute Gasteiger partial charge is 0.243 e. The van der Waals surface area contributed by atoms with Gasteiger partial charge in [0.1, 0.15) is 5.01 Å². The lowest BCUT2D eigenvalue weighted by molar-refractivity contribution is 0.584. The summed E-state index contributed by atoms with van der Waals surface area (Å²) in [6.45, 7) is 0. The van der Waals surface area contributed by atoms with Crippen LogP contribution in [0.2, 0.25) is 0 Å². The van der Waals surface area contributed by atoms with Gasteiger partial charge < -0.3 is 0 Å². The number of thiazole rings is 1. The van der Waals surface area contributed by atoms with Crippen molar-refractivity contribution in [2.24, 2.45) is 0 Å². The van der Waals surface area contributed by atoms with E-state index in [0.717, 1.165) is 13.5 Å². The molecule has 0 amide bonds. The molecule has 0 saturated carbocycles. The van der Waals surface area contributed by atoms with E-state index >= 15 is 0 Å². The molecule has 0 saturated heterocycles. The molecule has 0 atom stereocenters. The highest BCUT2D eigenvalue weighted by atomic mass is 127. The van der Waals surface area contributed by atoms with Crippen molar-refractivity contribution in [3.8, 4) is 10.6 Å². The van der Waals surface area contributed by atoms with Gasteiger partial charge in [0.15, 0.2) is 0 Å². The second kappa shape index (κ2) is 3.67. The first-order chi connectivity index (χ1) is 6.25. The summed E-state index contributed by atoms with van der Waals surface area (Å²) in [5.41, 5.74) is 0.856. The molecule has 2 nitrogen and oxygen atoms in total. The molecule has 66 valence electrons. The molecule has 5 heteroatoms. The van der Waals surface area contributed by atoms with Gasteiger partial charge >= 0.3 is 0 Å². The molecule has 2 aromatic heterocycles. The molecule has 13 heavy (non-hydrogen) atoms. The highest BCUT2D eigenvalue weighted by Gasteiger charge is 2.03. The third-order valence-electron chi connectivity index (χ3n) is 1.45. The lowest BCUT2D eigenvalue weighted by Gasteiger charge is -1.93. The van der Waals surface area contributed by atoms with Gasteiger partial charge in [-0.1, -0.05) is 0 Å². The van der Waals surface area contributed by atoms with Crippen molar-refractivity contribution in [1.82, 2.24) is 9.97 Å². The van der Waals surface area contributed by atoms with Crippen molar-refractivity contribution in [3.63, 3.8) is 0 Å². The molecule has 0 fully saturated rings. The summed E-state index contributed by atoms with van der Waals surface area (Å²) in [4.78, 5) is 7.73. The Labute approximate surface area is 92.0 Å². The number of rotatable bonds is 1. The van der Waals surface area contributed by atoms with E-state index in [9.17, 15) is 4.39 Å². The Kier molecular flexibility index (Phi) is 2.54. The van der Waals surface area contributed by atoms with Gasteiger partial charge in [0.25, 0.3) is 0 Å². The summed E-state index contributed by atoms with van der Waals surface area (Å²) in [7, 11) is 0. The topological polar surface area (TPSA) is 25.8 Å². The van der Waals surface area contributed by atoms with Gasteiger partial charge in [0.05, 0.1) is 9.08 Å². The van der Waals surface area contributed by atoms with Crippen molar-refractivity contribution < 1.29 is 4.39 Å². The Morgan fingerprint density at radius 3 is 2.62 bits per heavy atom. The average Bonchev–Trinajstić information content (AvgIpc) is 2.53. The number of aromatic nitrogens is 2. The molecule has 0 aliphatic heterocycles. The smallest absolute Gasteiger partial charge is 0.212 e. The van der Waals surface area contributed by atoms with E-state index < -0.39 is 5.95 Å². The van der Waals surface area contributed by atoms with Gasteiger partial charge in [-0.15, -0.1) is 11.3 Å². The van der Waals surface area contributed by atoms with Crippen molar-refractivity contribution in [2.75, 3.05) is 0 Å². The fourth-order valence-electron chi connectivity index (χ4n) is 0.890.